The van der Waals surface area contributed by atoms with Crippen molar-refractivity contribution in [3.8, 4) is 23.7 Å². The van der Waals surface area contributed by atoms with Crippen molar-refractivity contribution >= 4 is 0 Å². The standard InChI is InChI=1S/C41H76O5/c1-43-40(44-2)37-33-29-25-21-17-13-9-5-7-11-15-19-23-27-31-35-39(42)36-32-28-24-20-16-12-8-6-10-14-18-22-26-30-34-38-41(45-3)46-4/h39-42H,7-8,11-38H2,1-4H3. The first-order chi connectivity index (χ1) is 22.7. The fourth-order valence-electron chi connectivity index (χ4n) is 5.87. The molecular formula is C41H76O5. The summed E-state index contributed by atoms with van der Waals surface area (Å²) < 4.78 is 20.9. The maximum Gasteiger partial charge on any atom is 0.156 e. The van der Waals surface area contributed by atoms with Crippen molar-refractivity contribution < 1.29 is 24.1 Å². The third-order valence-corrected chi connectivity index (χ3v) is 8.96. The molecule has 0 aromatic heterocycles. The highest BCUT2D eigenvalue weighted by atomic mass is 16.7. The zero-order valence-electron chi connectivity index (χ0n) is 31.0. The highest BCUT2D eigenvalue weighted by molar-refractivity contribution is 4.99. The van der Waals surface area contributed by atoms with Gasteiger partial charge in [-0.1, -0.05) is 103 Å². The second kappa shape index (κ2) is 38.4. The number of hydrogen-bond acceptors (Lipinski definition) is 5. The van der Waals surface area contributed by atoms with Crippen molar-refractivity contribution in [3.63, 3.8) is 0 Å². The molecule has 0 radical (unpaired) electrons. The van der Waals surface area contributed by atoms with Crippen LogP contribution in [-0.4, -0.2) is 52.2 Å². The fourth-order valence-corrected chi connectivity index (χ4v) is 5.87. The van der Waals surface area contributed by atoms with E-state index in [4.69, 9.17) is 18.9 Å². The predicted molar refractivity (Wildman–Crippen MR) is 196 cm³/mol. The second-order valence-electron chi connectivity index (χ2n) is 13.1. The molecule has 0 aromatic carbocycles. The van der Waals surface area contributed by atoms with Gasteiger partial charge in [0, 0.05) is 54.1 Å². The zero-order valence-corrected chi connectivity index (χ0v) is 31.0. The molecule has 5 nitrogen and oxygen atoms in total. The van der Waals surface area contributed by atoms with Crippen LogP contribution in [-0.2, 0) is 18.9 Å². The number of rotatable bonds is 34. The van der Waals surface area contributed by atoms with Crippen molar-refractivity contribution in [1.29, 1.82) is 0 Å². The van der Waals surface area contributed by atoms with E-state index in [0.717, 1.165) is 51.4 Å². The van der Waals surface area contributed by atoms with Gasteiger partial charge < -0.3 is 24.1 Å². The van der Waals surface area contributed by atoms with Crippen molar-refractivity contribution in [2.24, 2.45) is 0 Å². The molecule has 0 spiro atoms. The molecule has 0 saturated heterocycles. The summed E-state index contributed by atoms with van der Waals surface area (Å²) >= 11 is 0. The van der Waals surface area contributed by atoms with Gasteiger partial charge in [-0.25, -0.2) is 0 Å². The van der Waals surface area contributed by atoms with E-state index in [1.807, 2.05) is 0 Å². The normalized spacial score (nSPS) is 11.3. The van der Waals surface area contributed by atoms with Crippen LogP contribution < -0.4 is 0 Å². The molecule has 0 bridgehead atoms. The minimum atomic E-state index is -0.0945. The van der Waals surface area contributed by atoms with Gasteiger partial charge >= 0.3 is 0 Å². The zero-order chi connectivity index (χ0) is 33.6. The molecule has 0 aliphatic rings. The largest absolute Gasteiger partial charge is 0.393 e. The first kappa shape index (κ1) is 44.9. The van der Waals surface area contributed by atoms with Crippen LogP contribution in [0.25, 0.3) is 0 Å². The molecule has 46 heavy (non-hydrogen) atoms. The number of aliphatic hydroxyl groups is 1. The van der Waals surface area contributed by atoms with Crippen LogP contribution in [0.5, 0.6) is 0 Å². The number of methoxy groups -OCH3 is 4. The Labute approximate surface area is 287 Å². The van der Waals surface area contributed by atoms with Crippen LogP contribution in [0.3, 0.4) is 0 Å². The Morgan fingerprint density at radius 2 is 0.543 bits per heavy atom. The predicted octanol–water partition coefficient (Wildman–Crippen LogP) is 11.3. The van der Waals surface area contributed by atoms with E-state index in [2.05, 4.69) is 23.7 Å². The van der Waals surface area contributed by atoms with Crippen LogP contribution in [0.4, 0.5) is 0 Å². The smallest absolute Gasteiger partial charge is 0.156 e. The van der Waals surface area contributed by atoms with E-state index in [9.17, 15) is 5.11 Å². The molecule has 0 unspecified atom stereocenters. The van der Waals surface area contributed by atoms with Gasteiger partial charge in [0.05, 0.1) is 6.10 Å². The highest BCUT2D eigenvalue weighted by Gasteiger charge is 2.05. The van der Waals surface area contributed by atoms with Crippen molar-refractivity contribution in [1.82, 2.24) is 0 Å². The summed E-state index contributed by atoms with van der Waals surface area (Å²) in [6, 6.07) is 0. The van der Waals surface area contributed by atoms with Crippen molar-refractivity contribution in [2.75, 3.05) is 28.4 Å². The second-order valence-corrected chi connectivity index (χ2v) is 13.1. The Kier molecular flexibility index (Phi) is 37.5. The van der Waals surface area contributed by atoms with Gasteiger partial charge in [0.2, 0.25) is 0 Å². The average molecular weight is 649 g/mol. The van der Waals surface area contributed by atoms with Crippen LogP contribution in [0, 0.1) is 23.7 Å². The SMILES string of the molecule is COC(CCCCCCCC#CCCCCCCCCC(O)CCCCCCCCC#CCCCCCCCC(OC)OC)OC. The molecule has 1 N–H and O–H groups in total. The quantitative estimate of drug-likeness (QED) is 0.0427. The van der Waals surface area contributed by atoms with Crippen LogP contribution in [0.2, 0.25) is 0 Å². The molecule has 0 amide bonds. The van der Waals surface area contributed by atoms with E-state index in [1.165, 1.54) is 141 Å². The summed E-state index contributed by atoms with van der Waals surface area (Å²) in [6.07, 6.45) is 35.5. The van der Waals surface area contributed by atoms with Gasteiger partial charge in [-0.05, 0) is 64.2 Å². The van der Waals surface area contributed by atoms with Crippen molar-refractivity contribution in [3.05, 3.63) is 0 Å². The Bertz CT molecular complexity index is 650. The molecule has 5 heteroatoms. The third-order valence-electron chi connectivity index (χ3n) is 8.96. The Hall–Kier alpha value is -1.08. The summed E-state index contributed by atoms with van der Waals surface area (Å²) in [5.74, 6) is 13.5. The van der Waals surface area contributed by atoms with Crippen LogP contribution in [0.1, 0.15) is 193 Å². The molecule has 0 aliphatic carbocycles. The molecule has 0 atom stereocenters. The Balaban J connectivity index is 3.31. The van der Waals surface area contributed by atoms with E-state index < -0.39 is 0 Å². The monoisotopic (exact) mass is 649 g/mol. The lowest BCUT2D eigenvalue weighted by atomic mass is 10.0. The minimum absolute atomic E-state index is 0.0410. The topological polar surface area (TPSA) is 57.2 Å². The first-order valence-electron chi connectivity index (χ1n) is 19.4. The molecule has 270 valence electrons. The number of unbranched alkanes of at least 4 members (excludes halogenated alkanes) is 22. The number of ether oxygens (including phenoxy) is 4. The molecule has 0 rings (SSSR count). The van der Waals surface area contributed by atoms with E-state index in [-0.39, 0.29) is 18.7 Å². The summed E-state index contributed by atoms with van der Waals surface area (Å²) in [5.41, 5.74) is 0. The summed E-state index contributed by atoms with van der Waals surface area (Å²) in [4.78, 5) is 0. The molecule has 0 aromatic rings. The molecule has 0 fully saturated rings. The van der Waals surface area contributed by atoms with Gasteiger partial charge in [-0.15, -0.1) is 23.7 Å². The number of aliphatic hydroxyl groups excluding tert-OH is 1. The van der Waals surface area contributed by atoms with Gasteiger partial charge in [-0.3, -0.25) is 0 Å². The van der Waals surface area contributed by atoms with Crippen LogP contribution in [0.15, 0.2) is 0 Å². The summed E-state index contributed by atoms with van der Waals surface area (Å²) in [7, 11) is 6.83. The molecule has 0 saturated carbocycles. The van der Waals surface area contributed by atoms with Crippen molar-refractivity contribution in [2.45, 2.75) is 211 Å². The lowest BCUT2D eigenvalue weighted by molar-refractivity contribution is -0.107. The molecular weight excluding hydrogens is 572 g/mol. The minimum Gasteiger partial charge on any atom is -0.393 e. The fraction of sp³-hybridized carbons (Fsp3) is 0.902. The van der Waals surface area contributed by atoms with E-state index in [1.54, 1.807) is 28.4 Å². The third kappa shape index (κ3) is 34.3. The Morgan fingerprint density at radius 1 is 0.326 bits per heavy atom. The van der Waals surface area contributed by atoms with E-state index >= 15 is 0 Å². The summed E-state index contributed by atoms with van der Waals surface area (Å²) in [6.45, 7) is 0. The molecule has 0 aliphatic heterocycles. The lowest BCUT2D eigenvalue weighted by Crippen LogP contribution is -2.12. The lowest BCUT2D eigenvalue weighted by Gasteiger charge is -2.12. The highest BCUT2D eigenvalue weighted by Crippen LogP contribution is 2.15. The summed E-state index contributed by atoms with van der Waals surface area (Å²) in [5, 5.41) is 10.3. The number of hydrogen-bond donors (Lipinski definition) is 1. The van der Waals surface area contributed by atoms with Gasteiger partial charge in [0.25, 0.3) is 0 Å². The van der Waals surface area contributed by atoms with Crippen LogP contribution >= 0.6 is 0 Å². The Morgan fingerprint density at radius 3 is 0.804 bits per heavy atom. The van der Waals surface area contributed by atoms with E-state index in [0.29, 0.717) is 0 Å². The van der Waals surface area contributed by atoms with Gasteiger partial charge in [0.1, 0.15) is 0 Å². The molecule has 0 heterocycles. The van der Waals surface area contributed by atoms with Gasteiger partial charge in [0.15, 0.2) is 12.6 Å². The maximum atomic E-state index is 10.3. The maximum absolute atomic E-state index is 10.3. The first-order valence-corrected chi connectivity index (χ1v) is 19.4. The average Bonchev–Trinajstić information content (AvgIpc) is 3.07. The van der Waals surface area contributed by atoms with Gasteiger partial charge in [-0.2, -0.15) is 0 Å².